The lowest BCUT2D eigenvalue weighted by Gasteiger charge is -2.24. The van der Waals surface area contributed by atoms with Crippen molar-refractivity contribution in [3.8, 4) is 0 Å². The number of aryl methyl sites for hydroxylation is 1. The first-order valence-corrected chi connectivity index (χ1v) is 12.9. The predicted octanol–water partition coefficient (Wildman–Crippen LogP) is 4.77. The number of alkyl halides is 3. The van der Waals surface area contributed by atoms with E-state index in [9.17, 15) is 26.4 Å². The van der Waals surface area contributed by atoms with Crippen LogP contribution in [0.25, 0.3) is 11.0 Å². The zero-order chi connectivity index (χ0) is 24.5. The second kappa shape index (κ2) is 7.53. The molecule has 11 heteroatoms. The quantitative estimate of drug-likeness (QED) is 0.564. The first-order valence-electron chi connectivity index (χ1n) is 11.0. The van der Waals surface area contributed by atoms with Gasteiger partial charge in [-0.1, -0.05) is 6.42 Å². The summed E-state index contributed by atoms with van der Waals surface area (Å²) in [4.78, 5) is 21.9. The Bertz CT molecular complexity index is 1480. The van der Waals surface area contributed by atoms with Crippen molar-refractivity contribution in [1.82, 2.24) is 14.5 Å². The van der Waals surface area contributed by atoms with Crippen molar-refractivity contribution in [3.63, 3.8) is 0 Å². The smallest absolute Gasteiger partial charge is 0.324 e. The Kier molecular flexibility index (Phi) is 5.05. The van der Waals surface area contributed by atoms with E-state index in [1.165, 1.54) is 22.9 Å². The Morgan fingerprint density at radius 3 is 2.53 bits per heavy atom. The van der Waals surface area contributed by atoms with Gasteiger partial charge in [0, 0.05) is 29.6 Å². The van der Waals surface area contributed by atoms with E-state index < -0.39 is 27.1 Å². The summed E-state index contributed by atoms with van der Waals surface area (Å²) in [6.45, 7) is 1.72. The lowest BCUT2D eigenvalue weighted by Crippen LogP contribution is -2.34. The maximum atomic E-state index is 13.7. The van der Waals surface area contributed by atoms with Crippen molar-refractivity contribution in [1.29, 1.82) is 0 Å². The van der Waals surface area contributed by atoms with Gasteiger partial charge in [0.25, 0.3) is 5.56 Å². The summed E-state index contributed by atoms with van der Waals surface area (Å²) < 4.78 is 65.8. The molecule has 2 aromatic heterocycles. The molecule has 1 N–H and O–H groups in total. The molecule has 5 rings (SSSR count). The van der Waals surface area contributed by atoms with Crippen LogP contribution in [-0.4, -0.2) is 29.2 Å². The Balaban J connectivity index is 1.63. The Hall–Kier alpha value is -2.95. The normalized spacial score (nSPS) is 19.6. The molecule has 2 saturated carbocycles. The van der Waals surface area contributed by atoms with Gasteiger partial charge in [-0.3, -0.25) is 9.36 Å². The summed E-state index contributed by atoms with van der Waals surface area (Å²) in [5.74, 6) is 0.110. The van der Waals surface area contributed by atoms with E-state index in [0.717, 1.165) is 38.0 Å². The van der Waals surface area contributed by atoms with Gasteiger partial charge in [0.15, 0.2) is 9.84 Å². The second-order valence-corrected chi connectivity index (χ2v) is 11.4. The van der Waals surface area contributed by atoms with Crippen LogP contribution in [0.4, 0.5) is 24.8 Å². The fourth-order valence-corrected chi connectivity index (χ4v) is 5.77. The molecule has 180 valence electrons. The van der Waals surface area contributed by atoms with Gasteiger partial charge in [-0.25, -0.2) is 13.4 Å². The molecule has 2 heterocycles. The minimum Gasteiger partial charge on any atom is -0.324 e. The minimum absolute atomic E-state index is 0.110. The third-order valence-corrected chi connectivity index (χ3v) is 8.12. The van der Waals surface area contributed by atoms with Crippen molar-refractivity contribution < 1.29 is 21.6 Å². The molecule has 1 spiro atoms. The topological polar surface area (TPSA) is 94.0 Å². The van der Waals surface area contributed by atoms with Crippen LogP contribution < -0.4 is 10.9 Å². The summed E-state index contributed by atoms with van der Waals surface area (Å²) in [7, 11) is -3.37. The minimum atomic E-state index is -4.78. The number of aromatic nitrogens is 3. The largest absolute Gasteiger partial charge is 0.421 e. The van der Waals surface area contributed by atoms with E-state index in [1.54, 1.807) is 13.0 Å². The molecule has 7 nitrogen and oxygen atoms in total. The SMILES string of the molecule is Cc1cc(S(C)(=O)=O)ccc1Nc1ncc2cc(C(F)(F)F)c(=O)n(C3CCCC34CC4)c2n1. The zero-order valence-corrected chi connectivity index (χ0v) is 19.4. The standard InChI is InChI=1S/C23H23F3N4O3S/c1-13-10-15(34(2,32)33)5-6-17(13)28-21-27-12-14-11-16(23(24,25)26)20(31)30(19(14)29-21)18-4-3-7-22(18)8-9-22/h5-6,10-12,18H,3-4,7-9H2,1-2H3,(H,27,28,29). The zero-order valence-electron chi connectivity index (χ0n) is 18.6. The summed E-state index contributed by atoms with van der Waals surface area (Å²) in [5, 5.41) is 3.15. The van der Waals surface area contributed by atoms with Crippen LogP contribution in [0.2, 0.25) is 0 Å². The average Bonchev–Trinajstić information content (AvgIpc) is 3.40. The van der Waals surface area contributed by atoms with Crippen LogP contribution in [0.15, 0.2) is 40.2 Å². The molecule has 1 atom stereocenters. The van der Waals surface area contributed by atoms with Crippen LogP contribution in [0.3, 0.4) is 0 Å². The van der Waals surface area contributed by atoms with Gasteiger partial charge in [-0.05, 0) is 67.9 Å². The van der Waals surface area contributed by atoms with Gasteiger partial charge in [-0.15, -0.1) is 0 Å². The van der Waals surface area contributed by atoms with Crippen molar-refractivity contribution in [2.24, 2.45) is 5.41 Å². The molecule has 1 unspecified atom stereocenters. The molecule has 2 fully saturated rings. The average molecular weight is 493 g/mol. The molecule has 2 aliphatic rings. The molecule has 0 amide bonds. The third kappa shape index (κ3) is 3.85. The van der Waals surface area contributed by atoms with Gasteiger partial charge in [0.2, 0.25) is 5.95 Å². The Morgan fingerprint density at radius 2 is 1.91 bits per heavy atom. The van der Waals surface area contributed by atoms with Gasteiger partial charge >= 0.3 is 6.18 Å². The number of fused-ring (bicyclic) bond motifs is 1. The van der Waals surface area contributed by atoms with Crippen molar-refractivity contribution in [3.05, 3.63) is 51.9 Å². The molecule has 34 heavy (non-hydrogen) atoms. The molecule has 0 radical (unpaired) electrons. The molecular weight excluding hydrogens is 469 g/mol. The first-order chi connectivity index (χ1) is 15.9. The van der Waals surface area contributed by atoms with E-state index in [0.29, 0.717) is 17.7 Å². The van der Waals surface area contributed by atoms with Crippen LogP contribution in [0.1, 0.15) is 49.3 Å². The number of rotatable bonds is 4. The van der Waals surface area contributed by atoms with Crippen LogP contribution in [0.5, 0.6) is 0 Å². The summed E-state index contributed by atoms with van der Waals surface area (Å²) in [5.41, 5.74) is -1.07. The maximum absolute atomic E-state index is 13.7. The second-order valence-electron chi connectivity index (χ2n) is 9.35. The number of anilines is 2. The number of nitrogens with one attached hydrogen (secondary N) is 1. The molecule has 2 aliphatic carbocycles. The van der Waals surface area contributed by atoms with Gasteiger partial charge in [-0.2, -0.15) is 18.2 Å². The van der Waals surface area contributed by atoms with E-state index in [2.05, 4.69) is 15.3 Å². The number of hydrogen-bond donors (Lipinski definition) is 1. The lowest BCUT2D eigenvalue weighted by molar-refractivity contribution is -0.138. The van der Waals surface area contributed by atoms with Crippen molar-refractivity contribution in [2.75, 3.05) is 11.6 Å². The van der Waals surface area contributed by atoms with E-state index in [-0.39, 0.29) is 33.3 Å². The number of benzene rings is 1. The van der Waals surface area contributed by atoms with Gasteiger partial charge < -0.3 is 5.32 Å². The number of hydrogen-bond acceptors (Lipinski definition) is 6. The van der Waals surface area contributed by atoms with Crippen LogP contribution in [-0.2, 0) is 16.0 Å². The van der Waals surface area contributed by atoms with Crippen LogP contribution >= 0.6 is 0 Å². The summed E-state index contributed by atoms with van der Waals surface area (Å²) in [6, 6.07) is 5.03. The highest BCUT2D eigenvalue weighted by atomic mass is 32.2. The van der Waals surface area contributed by atoms with Gasteiger partial charge in [0.1, 0.15) is 11.2 Å². The molecule has 3 aromatic rings. The number of sulfone groups is 1. The van der Waals surface area contributed by atoms with Gasteiger partial charge in [0.05, 0.1) is 4.90 Å². The monoisotopic (exact) mass is 492 g/mol. The molecule has 0 bridgehead atoms. The lowest BCUT2D eigenvalue weighted by atomic mass is 9.99. The number of pyridine rings is 1. The summed E-state index contributed by atoms with van der Waals surface area (Å²) >= 11 is 0. The predicted molar refractivity (Wildman–Crippen MR) is 121 cm³/mol. The fourth-order valence-electron chi connectivity index (χ4n) is 5.07. The fraction of sp³-hybridized carbons (Fsp3) is 0.435. The first kappa shape index (κ1) is 22.8. The highest BCUT2D eigenvalue weighted by molar-refractivity contribution is 7.90. The van der Waals surface area contributed by atoms with E-state index in [1.807, 2.05) is 0 Å². The maximum Gasteiger partial charge on any atom is 0.421 e. The van der Waals surface area contributed by atoms with E-state index in [4.69, 9.17) is 0 Å². The molecule has 1 aromatic carbocycles. The molecule has 0 saturated heterocycles. The highest BCUT2D eigenvalue weighted by Gasteiger charge is 2.54. The van der Waals surface area contributed by atoms with Crippen LogP contribution in [0, 0.1) is 12.3 Å². The van der Waals surface area contributed by atoms with E-state index >= 15 is 0 Å². The number of nitrogens with zero attached hydrogens (tertiary/aromatic N) is 3. The van der Waals surface area contributed by atoms with Crippen molar-refractivity contribution >= 4 is 32.5 Å². The molecule has 0 aliphatic heterocycles. The summed E-state index contributed by atoms with van der Waals surface area (Å²) in [6.07, 6.45) is 1.79. The molecular formula is C23H23F3N4O3S. The third-order valence-electron chi connectivity index (χ3n) is 7.01. The Labute approximate surface area is 194 Å². The van der Waals surface area contributed by atoms with Crippen molar-refractivity contribution in [2.45, 2.75) is 56.1 Å². The highest BCUT2D eigenvalue weighted by Crippen LogP contribution is 2.63. The number of halogens is 3. The Morgan fingerprint density at radius 1 is 1.18 bits per heavy atom.